The van der Waals surface area contributed by atoms with Gasteiger partial charge in [0.1, 0.15) is 0 Å². The second-order valence-electron chi connectivity index (χ2n) is 7.91. The zero-order valence-electron chi connectivity index (χ0n) is 17.4. The van der Waals surface area contributed by atoms with Crippen molar-refractivity contribution in [1.29, 1.82) is 0 Å². The van der Waals surface area contributed by atoms with Gasteiger partial charge in [0.2, 0.25) is 5.95 Å². The lowest BCUT2D eigenvalue weighted by molar-refractivity contribution is 0.0609. The quantitative estimate of drug-likeness (QED) is 0.739. The molecule has 0 radical (unpaired) electrons. The molecule has 2 aromatic rings. The molecule has 0 saturated carbocycles. The van der Waals surface area contributed by atoms with E-state index in [0.29, 0.717) is 19.0 Å². The van der Waals surface area contributed by atoms with Gasteiger partial charge in [-0.15, -0.1) is 0 Å². The molecule has 4 rings (SSSR count). The summed E-state index contributed by atoms with van der Waals surface area (Å²) in [5.41, 5.74) is 0.956. The third-order valence-corrected chi connectivity index (χ3v) is 6.02. The van der Waals surface area contributed by atoms with Gasteiger partial charge in [-0.1, -0.05) is 29.8 Å². The van der Waals surface area contributed by atoms with Crippen LogP contribution in [0.15, 0.2) is 36.5 Å². The van der Waals surface area contributed by atoms with Crippen LogP contribution in [0.4, 0.5) is 16.4 Å². The number of nitrogens with zero attached hydrogens (tertiary/aromatic N) is 4. The zero-order chi connectivity index (χ0) is 21.6. The Balaban J connectivity index is 1.42. The zero-order valence-corrected chi connectivity index (χ0v) is 18.1. The number of nitrogens with one attached hydrogen (secondary N) is 2. The van der Waals surface area contributed by atoms with Gasteiger partial charge in [0.15, 0.2) is 5.69 Å². The minimum Gasteiger partial charge on any atom is -0.341 e. The van der Waals surface area contributed by atoms with Crippen LogP contribution < -0.4 is 15.5 Å². The second-order valence-corrected chi connectivity index (χ2v) is 8.32. The maximum absolute atomic E-state index is 13.3. The van der Waals surface area contributed by atoms with Gasteiger partial charge in [-0.05, 0) is 44.2 Å². The molecular formula is C22H27ClN6O2. The summed E-state index contributed by atoms with van der Waals surface area (Å²) in [5, 5.41) is 5.95. The topological polar surface area (TPSA) is 90.5 Å². The van der Waals surface area contributed by atoms with E-state index in [4.69, 9.17) is 11.6 Å². The first kappa shape index (κ1) is 21.4. The molecule has 1 atom stereocenters. The number of urea groups is 1. The fourth-order valence-electron chi connectivity index (χ4n) is 4.10. The van der Waals surface area contributed by atoms with Crippen molar-refractivity contribution >= 4 is 35.2 Å². The number of rotatable bonds is 5. The Hall–Kier alpha value is -2.87. The van der Waals surface area contributed by atoms with E-state index in [1.807, 2.05) is 30.3 Å². The summed E-state index contributed by atoms with van der Waals surface area (Å²) in [6.45, 7) is 2.76. The van der Waals surface area contributed by atoms with Crippen molar-refractivity contribution in [2.24, 2.45) is 0 Å². The number of hydrogen-bond acceptors (Lipinski definition) is 5. The average Bonchev–Trinajstić information content (AvgIpc) is 3.33. The summed E-state index contributed by atoms with van der Waals surface area (Å²) < 4.78 is 0. The van der Waals surface area contributed by atoms with Gasteiger partial charge < -0.3 is 20.4 Å². The number of halogens is 1. The molecule has 0 spiro atoms. The molecule has 164 valence electrons. The van der Waals surface area contributed by atoms with E-state index in [1.54, 1.807) is 4.90 Å². The number of hydrogen-bond donors (Lipinski definition) is 2. The molecule has 2 fully saturated rings. The fourth-order valence-corrected chi connectivity index (χ4v) is 4.27. The molecule has 2 N–H and O–H groups in total. The van der Waals surface area contributed by atoms with E-state index < -0.39 is 0 Å². The van der Waals surface area contributed by atoms with Crippen LogP contribution in [0.2, 0.25) is 5.02 Å². The second kappa shape index (κ2) is 9.96. The highest BCUT2D eigenvalue weighted by Gasteiger charge is 2.30. The Morgan fingerprint density at radius 3 is 2.58 bits per heavy atom. The third kappa shape index (κ3) is 5.25. The normalized spacial score (nSPS) is 18.7. The molecule has 2 aliphatic rings. The molecule has 1 unspecified atom stereocenters. The molecule has 31 heavy (non-hydrogen) atoms. The lowest BCUT2D eigenvalue weighted by atomic mass is 10.0. The van der Waals surface area contributed by atoms with E-state index in [1.165, 1.54) is 6.20 Å². The van der Waals surface area contributed by atoms with E-state index >= 15 is 0 Å². The van der Waals surface area contributed by atoms with Gasteiger partial charge in [-0.25, -0.2) is 14.8 Å². The predicted octanol–water partition coefficient (Wildman–Crippen LogP) is 3.55. The highest BCUT2D eigenvalue weighted by Crippen LogP contribution is 2.24. The van der Waals surface area contributed by atoms with Gasteiger partial charge in [0, 0.05) is 37.9 Å². The molecule has 3 amide bonds. The van der Waals surface area contributed by atoms with Crippen molar-refractivity contribution in [2.45, 2.75) is 38.1 Å². The summed E-state index contributed by atoms with van der Waals surface area (Å²) in [6.07, 6.45) is 6.45. The number of likely N-dealkylation sites (tertiary alicyclic amines) is 1. The van der Waals surface area contributed by atoms with Crippen molar-refractivity contribution < 1.29 is 9.59 Å². The summed E-state index contributed by atoms with van der Waals surface area (Å²) in [7, 11) is 0. The molecular weight excluding hydrogens is 416 g/mol. The molecule has 2 saturated heterocycles. The summed E-state index contributed by atoms with van der Waals surface area (Å²) in [4.78, 5) is 38.3. The first-order valence-electron chi connectivity index (χ1n) is 10.8. The molecule has 2 aliphatic heterocycles. The van der Waals surface area contributed by atoms with Crippen LogP contribution in [-0.2, 0) is 0 Å². The summed E-state index contributed by atoms with van der Waals surface area (Å²) in [5.74, 6) is 0.349. The van der Waals surface area contributed by atoms with Gasteiger partial charge in [-0.2, -0.15) is 0 Å². The van der Waals surface area contributed by atoms with Gasteiger partial charge in [-0.3, -0.25) is 4.79 Å². The molecule has 1 aromatic heterocycles. The predicted molar refractivity (Wildman–Crippen MR) is 121 cm³/mol. The van der Waals surface area contributed by atoms with Gasteiger partial charge >= 0.3 is 6.03 Å². The largest absolute Gasteiger partial charge is 0.341 e. The number of aromatic nitrogens is 2. The first-order chi connectivity index (χ1) is 15.1. The molecule has 8 nitrogen and oxygen atoms in total. The number of benzene rings is 1. The Morgan fingerprint density at radius 1 is 1.06 bits per heavy atom. The monoisotopic (exact) mass is 442 g/mol. The van der Waals surface area contributed by atoms with Gasteiger partial charge in [0.25, 0.3) is 5.91 Å². The number of carbonyl (C=O) groups excluding carboxylic acids is 2. The van der Waals surface area contributed by atoms with Crippen molar-refractivity contribution in [3.8, 4) is 0 Å². The van der Waals surface area contributed by atoms with Crippen molar-refractivity contribution in [2.75, 3.05) is 36.4 Å². The van der Waals surface area contributed by atoms with E-state index in [-0.39, 0.29) is 28.7 Å². The lowest BCUT2D eigenvalue weighted by Crippen LogP contribution is -2.50. The van der Waals surface area contributed by atoms with Gasteiger partial charge in [0.05, 0.1) is 11.2 Å². The number of carbonyl (C=O) groups is 2. The van der Waals surface area contributed by atoms with Crippen LogP contribution in [0, 0.1) is 0 Å². The Bertz CT molecular complexity index is 919. The van der Waals surface area contributed by atoms with E-state index in [9.17, 15) is 9.59 Å². The Morgan fingerprint density at radius 2 is 1.81 bits per heavy atom. The standard InChI is InChI=1S/C22H27ClN6O2/c23-18-15-24-21(28-11-6-7-12-28)27-19(18)20(30)29-13-5-4-10-17(29)14-25-22(31)26-16-8-2-1-3-9-16/h1-3,8-9,15,17H,4-7,10-14H2,(H2,25,26,31). The molecule has 1 aromatic carbocycles. The SMILES string of the molecule is O=C(NCC1CCCCN1C(=O)c1nc(N2CCCC2)ncc1Cl)Nc1ccccc1. The van der Waals surface area contributed by atoms with Crippen LogP contribution in [0.1, 0.15) is 42.6 Å². The minimum absolute atomic E-state index is 0.107. The van der Waals surface area contributed by atoms with Crippen molar-refractivity contribution in [3.05, 3.63) is 47.2 Å². The summed E-state index contributed by atoms with van der Waals surface area (Å²) in [6, 6.07) is 8.86. The molecule has 3 heterocycles. The van der Waals surface area contributed by atoms with Crippen molar-refractivity contribution in [3.63, 3.8) is 0 Å². The van der Waals surface area contributed by atoms with E-state index in [2.05, 4.69) is 25.5 Å². The van der Waals surface area contributed by atoms with E-state index in [0.717, 1.165) is 50.9 Å². The van der Waals surface area contributed by atoms with Crippen molar-refractivity contribution in [1.82, 2.24) is 20.2 Å². The number of amides is 3. The van der Waals surface area contributed by atoms with Crippen LogP contribution >= 0.6 is 11.6 Å². The van der Waals surface area contributed by atoms with Crippen LogP contribution in [0.5, 0.6) is 0 Å². The molecule has 0 bridgehead atoms. The number of piperidine rings is 1. The molecule has 0 aliphatic carbocycles. The molecule has 9 heteroatoms. The maximum Gasteiger partial charge on any atom is 0.319 e. The minimum atomic E-state index is -0.291. The number of anilines is 2. The third-order valence-electron chi connectivity index (χ3n) is 5.74. The maximum atomic E-state index is 13.3. The highest BCUT2D eigenvalue weighted by atomic mass is 35.5. The average molecular weight is 443 g/mol. The fraction of sp³-hybridized carbons (Fsp3) is 0.455. The highest BCUT2D eigenvalue weighted by molar-refractivity contribution is 6.33. The lowest BCUT2D eigenvalue weighted by Gasteiger charge is -2.35. The smallest absolute Gasteiger partial charge is 0.319 e. The first-order valence-corrected chi connectivity index (χ1v) is 11.2. The van der Waals surface area contributed by atoms with Crippen LogP contribution in [0.25, 0.3) is 0 Å². The van der Waals surface area contributed by atoms with Crippen LogP contribution in [-0.4, -0.2) is 59.0 Å². The summed E-state index contributed by atoms with van der Waals surface area (Å²) >= 11 is 6.31. The Labute approximate surface area is 187 Å². The number of para-hydroxylation sites is 1. The van der Waals surface area contributed by atoms with Crippen LogP contribution in [0.3, 0.4) is 0 Å². The Kier molecular flexibility index (Phi) is 6.86.